The third kappa shape index (κ3) is 2.26. The van der Waals surface area contributed by atoms with Crippen molar-refractivity contribution in [2.45, 2.75) is 6.42 Å². The van der Waals surface area contributed by atoms with Gasteiger partial charge in [0.25, 0.3) is 0 Å². The van der Waals surface area contributed by atoms with Gasteiger partial charge >= 0.3 is 0 Å². The van der Waals surface area contributed by atoms with E-state index in [9.17, 15) is 0 Å². The van der Waals surface area contributed by atoms with Crippen molar-refractivity contribution in [3.63, 3.8) is 0 Å². The van der Waals surface area contributed by atoms with Crippen LogP contribution in [0, 0.1) is 0 Å². The van der Waals surface area contributed by atoms with Crippen LogP contribution in [0.15, 0.2) is 30.3 Å². The molecule has 2 aromatic carbocycles. The van der Waals surface area contributed by atoms with Crippen molar-refractivity contribution in [1.82, 2.24) is 4.98 Å². The van der Waals surface area contributed by atoms with E-state index in [1.165, 1.54) is 5.56 Å². The van der Waals surface area contributed by atoms with E-state index in [0.717, 1.165) is 45.6 Å². The monoisotopic (exact) mass is 351 g/mol. The molecule has 0 saturated heterocycles. The van der Waals surface area contributed by atoms with Crippen molar-refractivity contribution in [2.24, 2.45) is 0 Å². The van der Waals surface area contributed by atoms with E-state index in [1.807, 2.05) is 24.3 Å². The summed E-state index contributed by atoms with van der Waals surface area (Å²) < 4.78 is 27.1. The summed E-state index contributed by atoms with van der Waals surface area (Å²) in [6.07, 6.45) is 0.801. The highest BCUT2D eigenvalue weighted by Gasteiger charge is 2.25. The van der Waals surface area contributed by atoms with Crippen LogP contribution in [0.1, 0.15) is 11.1 Å². The van der Waals surface area contributed by atoms with Gasteiger partial charge in [-0.25, -0.2) is 4.98 Å². The Bertz CT molecular complexity index is 1030. The third-order valence-electron chi connectivity index (χ3n) is 4.75. The number of fused-ring (bicyclic) bond motifs is 5. The molecule has 3 aromatic rings. The maximum Gasteiger partial charge on any atom is 0.231 e. The average molecular weight is 351 g/mol. The predicted octanol–water partition coefficient (Wildman–Crippen LogP) is 3.53. The van der Waals surface area contributed by atoms with Gasteiger partial charge in [0.1, 0.15) is 0 Å². The topological polar surface area (TPSA) is 59.0 Å². The normalized spacial score (nSPS) is 13.6. The van der Waals surface area contributed by atoms with Gasteiger partial charge in [-0.3, -0.25) is 0 Å². The van der Waals surface area contributed by atoms with Crippen molar-refractivity contribution < 1.29 is 23.7 Å². The molecule has 1 aliphatic carbocycles. The Morgan fingerprint density at radius 3 is 2.62 bits per heavy atom. The second-order valence-corrected chi connectivity index (χ2v) is 6.28. The fraction of sp³-hybridized carbons (Fsp3) is 0.250. The van der Waals surface area contributed by atoms with Crippen LogP contribution in [0.2, 0.25) is 0 Å². The lowest BCUT2D eigenvalue weighted by atomic mass is 10.1. The second-order valence-electron chi connectivity index (χ2n) is 6.28. The minimum atomic E-state index is 0.176. The smallest absolute Gasteiger partial charge is 0.231 e. The summed E-state index contributed by atoms with van der Waals surface area (Å²) in [4.78, 5) is 4.89. The lowest BCUT2D eigenvalue weighted by molar-refractivity contribution is 0.0491. The molecule has 2 heterocycles. The molecule has 0 atom stereocenters. The van der Waals surface area contributed by atoms with Crippen LogP contribution in [-0.4, -0.2) is 32.8 Å². The van der Waals surface area contributed by atoms with Gasteiger partial charge in [0.05, 0.1) is 18.3 Å². The minimum Gasteiger partial charge on any atom is -0.493 e. The Hall–Kier alpha value is -2.99. The fourth-order valence-corrected chi connectivity index (χ4v) is 3.54. The fourth-order valence-electron chi connectivity index (χ4n) is 3.54. The van der Waals surface area contributed by atoms with E-state index in [1.54, 1.807) is 14.2 Å². The zero-order valence-electron chi connectivity index (χ0n) is 14.5. The van der Waals surface area contributed by atoms with Gasteiger partial charge in [0.2, 0.25) is 6.79 Å². The summed E-state index contributed by atoms with van der Waals surface area (Å²) >= 11 is 0. The van der Waals surface area contributed by atoms with Crippen LogP contribution in [0.5, 0.6) is 23.0 Å². The maximum atomic E-state index is 5.63. The average Bonchev–Trinajstić information content (AvgIpc) is 3.24. The number of nitrogens with zero attached hydrogens (tertiary/aromatic N) is 1. The van der Waals surface area contributed by atoms with E-state index in [0.29, 0.717) is 11.5 Å². The highest BCUT2D eigenvalue weighted by atomic mass is 16.7. The highest BCUT2D eigenvalue weighted by molar-refractivity contribution is 5.89. The zero-order chi connectivity index (χ0) is 17.7. The molecule has 0 amide bonds. The first kappa shape index (κ1) is 15.3. The lowest BCUT2D eigenvalue weighted by Gasteiger charge is -2.12. The summed E-state index contributed by atoms with van der Waals surface area (Å²) in [6.45, 7) is 0.436. The molecule has 0 saturated carbocycles. The van der Waals surface area contributed by atoms with E-state index < -0.39 is 0 Å². The molecular weight excluding hydrogens is 334 g/mol. The molecular formula is C20H17NO5. The first-order valence-electron chi connectivity index (χ1n) is 8.33. The first-order valence-corrected chi connectivity index (χ1v) is 8.33. The molecule has 6 nitrogen and oxygen atoms in total. The van der Waals surface area contributed by atoms with Gasteiger partial charge in [-0.05, 0) is 35.4 Å². The number of aromatic nitrogens is 1. The number of ether oxygens (including phenoxy) is 5. The van der Waals surface area contributed by atoms with Crippen molar-refractivity contribution >= 4 is 10.9 Å². The summed E-state index contributed by atoms with van der Waals surface area (Å²) in [5.41, 5.74) is 5.27. The van der Waals surface area contributed by atoms with Gasteiger partial charge < -0.3 is 23.7 Å². The lowest BCUT2D eigenvalue weighted by Crippen LogP contribution is -2.01. The largest absolute Gasteiger partial charge is 0.493 e. The number of methoxy groups -OCH3 is 2. The summed E-state index contributed by atoms with van der Waals surface area (Å²) in [5.74, 6) is 2.85. The van der Waals surface area contributed by atoms with Crippen LogP contribution < -0.4 is 18.9 Å². The van der Waals surface area contributed by atoms with E-state index in [4.69, 9.17) is 28.7 Å². The number of rotatable bonds is 4. The van der Waals surface area contributed by atoms with Crippen molar-refractivity contribution in [3.8, 4) is 34.3 Å². The quantitative estimate of drug-likeness (QED) is 0.524. The second kappa shape index (κ2) is 5.78. The Morgan fingerprint density at radius 1 is 0.962 bits per heavy atom. The molecule has 132 valence electrons. The third-order valence-corrected chi connectivity index (χ3v) is 4.75. The summed E-state index contributed by atoms with van der Waals surface area (Å²) in [6, 6.07) is 10.1. The number of hydrogen-bond acceptors (Lipinski definition) is 6. The van der Waals surface area contributed by atoms with Crippen molar-refractivity contribution in [3.05, 3.63) is 41.5 Å². The Labute approximate surface area is 150 Å². The maximum absolute atomic E-state index is 5.63. The van der Waals surface area contributed by atoms with Crippen molar-refractivity contribution in [1.29, 1.82) is 0 Å². The molecule has 26 heavy (non-hydrogen) atoms. The van der Waals surface area contributed by atoms with Gasteiger partial charge in [-0.2, -0.15) is 0 Å². The SMILES string of the molecule is COCOc1cc2c(cc1OC)-c1nc3cc4c(cc3cc1C2)OCO4. The minimum absolute atomic E-state index is 0.176. The molecule has 0 radical (unpaired) electrons. The predicted molar refractivity (Wildman–Crippen MR) is 95.2 cm³/mol. The summed E-state index contributed by atoms with van der Waals surface area (Å²) in [7, 11) is 3.22. The molecule has 0 N–H and O–H groups in total. The molecule has 0 fully saturated rings. The number of pyridine rings is 1. The molecule has 1 aliphatic heterocycles. The molecule has 6 heteroatoms. The van der Waals surface area contributed by atoms with Crippen LogP contribution in [0.4, 0.5) is 0 Å². The van der Waals surface area contributed by atoms with E-state index >= 15 is 0 Å². The molecule has 0 unspecified atom stereocenters. The first-order chi connectivity index (χ1) is 12.8. The van der Waals surface area contributed by atoms with Crippen molar-refractivity contribution in [2.75, 3.05) is 27.8 Å². The van der Waals surface area contributed by atoms with Gasteiger partial charge in [-0.15, -0.1) is 0 Å². The van der Waals surface area contributed by atoms with Crippen LogP contribution >= 0.6 is 0 Å². The standard InChI is InChI=1S/C20H17NO5/c1-22-9-24-17-5-11-3-13-4-12-6-18-19(26-10-25-18)8-15(12)21-20(13)14(11)7-16(17)23-2/h4-8H,3,9-10H2,1-2H3. The van der Waals surface area contributed by atoms with Crippen LogP contribution in [0.25, 0.3) is 22.2 Å². The van der Waals surface area contributed by atoms with Crippen LogP contribution in [-0.2, 0) is 11.2 Å². The van der Waals surface area contributed by atoms with Gasteiger partial charge in [-0.1, -0.05) is 0 Å². The Kier molecular flexibility index (Phi) is 3.39. The Morgan fingerprint density at radius 2 is 1.81 bits per heavy atom. The molecule has 0 spiro atoms. The van der Waals surface area contributed by atoms with E-state index in [-0.39, 0.29) is 13.6 Å². The van der Waals surface area contributed by atoms with E-state index in [2.05, 4.69) is 6.07 Å². The molecule has 1 aromatic heterocycles. The van der Waals surface area contributed by atoms with Gasteiger partial charge in [0, 0.05) is 30.5 Å². The molecule has 5 rings (SSSR count). The van der Waals surface area contributed by atoms with Gasteiger partial charge in [0.15, 0.2) is 29.8 Å². The zero-order valence-corrected chi connectivity index (χ0v) is 14.5. The molecule has 0 bridgehead atoms. The highest BCUT2D eigenvalue weighted by Crippen LogP contribution is 2.44. The summed E-state index contributed by atoms with van der Waals surface area (Å²) in [5, 5.41) is 1.05. The Balaban J connectivity index is 1.63. The molecule has 2 aliphatic rings. The number of hydrogen-bond donors (Lipinski definition) is 0. The number of benzene rings is 2. The van der Waals surface area contributed by atoms with Crippen LogP contribution in [0.3, 0.4) is 0 Å².